The van der Waals surface area contributed by atoms with E-state index in [4.69, 9.17) is 9.47 Å². The molecule has 0 N–H and O–H groups in total. The summed E-state index contributed by atoms with van der Waals surface area (Å²) in [6.07, 6.45) is 4.66. The molecular weight excluding hydrogens is 270 g/mol. The molecule has 2 aliphatic rings. The summed E-state index contributed by atoms with van der Waals surface area (Å²) in [5.41, 5.74) is -0.553. The Bertz CT molecular complexity index is 402. The predicted octanol–water partition coefficient (Wildman–Crippen LogP) is 3.12. The van der Waals surface area contributed by atoms with Gasteiger partial charge >= 0.3 is 12.1 Å². The molecule has 1 aliphatic carbocycles. The van der Waals surface area contributed by atoms with E-state index in [0.717, 1.165) is 19.3 Å². The molecule has 5 nitrogen and oxygen atoms in total. The maximum atomic E-state index is 12.5. The second-order valence-electron chi connectivity index (χ2n) is 7.00. The normalized spacial score (nSPS) is 29.0. The van der Waals surface area contributed by atoms with Crippen LogP contribution in [0, 0.1) is 5.92 Å². The monoisotopic (exact) mass is 297 g/mol. The molecule has 2 rings (SSSR count). The van der Waals surface area contributed by atoms with E-state index in [-0.39, 0.29) is 18.1 Å². The van der Waals surface area contributed by atoms with Gasteiger partial charge in [-0.1, -0.05) is 12.8 Å². The van der Waals surface area contributed by atoms with Crippen molar-refractivity contribution in [2.24, 2.45) is 5.92 Å². The molecule has 1 saturated heterocycles. The minimum atomic E-state index is -0.553. The number of fused-ring (bicyclic) bond motifs is 1. The zero-order valence-corrected chi connectivity index (χ0v) is 13.6. The first-order chi connectivity index (χ1) is 9.83. The van der Waals surface area contributed by atoms with Crippen molar-refractivity contribution in [3.63, 3.8) is 0 Å². The van der Waals surface area contributed by atoms with Crippen molar-refractivity contribution >= 4 is 12.1 Å². The molecule has 0 bridgehead atoms. The van der Waals surface area contributed by atoms with E-state index in [2.05, 4.69) is 0 Å². The van der Waals surface area contributed by atoms with Gasteiger partial charge in [0.2, 0.25) is 0 Å². The van der Waals surface area contributed by atoms with Gasteiger partial charge in [0.05, 0.1) is 6.61 Å². The van der Waals surface area contributed by atoms with Crippen LogP contribution in [0.2, 0.25) is 0 Å². The summed E-state index contributed by atoms with van der Waals surface area (Å²) in [6, 6.07) is -0.351. The van der Waals surface area contributed by atoms with Gasteiger partial charge in [-0.3, -0.25) is 4.90 Å². The minimum absolute atomic E-state index is 0.128. The Hall–Kier alpha value is -1.26. The molecule has 1 saturated carbocycles. The van der Waals surface area contributed by atoms with Crippen LogP contribution in [0.4, 0.5) is 4.79 Å². The number of ether oxygens (including phenoxy) is 2. The van der Waals surface area contributed by atoms with Gasteiger partial charge in [0.15, 0.2) is 0 Å². The fourth-order valence-corrected chi connectivity index (χ4v) is 3.49. The van der Waals surface area contributed by atoms with E-state index in [1.165, 1.54) is 6.42 Å². The summed E-state index contributed by atoms with van der Waals surface area (Å²) in [7, 11) is 0. The van der Waals surface area contributed by atoms with Crippen LogP contribution in [0.1, 0.15) is 59.8 Å². The molecule has 2 fully saturated rings. The number of hydrogen-bond donors (Lipinski definition) is 0. The average Bonchev–Trinajstić information content (AvgIpc) is 2.76. The third-order valence-corrected chi connectivity index (χ3v) is 4.25. The maximum absolute atomic E-state index is 12.5. The van der Waals surface area contributed by atoms with Crippen molar-refractivity contribution in [3.8, 4) is 0 Å². The number of esters is 1. The molecule has 3 atom stereocenters. The molecule has 0 unspecified atom stereocenters. The molecule has 1 heterocycles. The zero-order valence-electron chi connectivity index (χ0n) is 13.6. The molecule has 0 aromatic carbocycles. The number of hydrogen-bond acceptors (Lipinski definition) is 4. The largest absolute Gasteiger partial charge is 0.464 e. The van der Waals surface area contributed by atoms with E-state index in [1.54, 1.807) is 11.8 Å². The molecule has 1 aliphatic heterocycles. The summed E-state index contributed by atoms with van der Waals surface area (Å²) in [4.78, 5) is 26.4. The van der Waals surface area contributed by atoms with Crippen molar-refractivity contribution in [2.75, 3.05) is 6.61 Å². The second kappa shape index (κ2) is 6.24. The number of carbonyl (C=O) groups excluding carboxylic acids is 2. The molecular formula is C16H27NO4. The summed E-state index contributed by atoms with van der Waals surface area (Å²) in [5.74, 6) is 0.110. The predicted molar refractivity (Wildman–Crippen MR) is 78.9 cm³/mol. The van der Waals surface area contributed by atoms with Gasteiger partial charge in [-0.25, -0.2) is 9.59 Å². The molecule has 21 heavy (non-hydrogen) atoms. The first-order valence-corrected chi connectivity index (χ1v) is 8.01. The van der Waals surface area contributed by atoms with Crippen LogP contribution in [0.3, 0.4) is 0 Å². The lowest BCUT2D eigenvalue weighted by Crippen LogP contribution is -2.48. The summed E-state index contributed by atoms with van der Waals surface area (Å²) in [6.45, 7) is 7.67. The Balaban J connectivity index is 2.18. The van der Waals surface area contributed by atoms with E-state index >= 15 is 0 Å². The van der Waals surface area contributed by atoms with E-state index in [9.17, 15) is 9.59 Å². The number of amides is 1. The zero-order chi connectivity index (χ0) is 15.6. The highest BCUT2D eigenvalue weighted by Gasteiger charge is 2.49. The lowest BCUT2D eigenvalue weighted by Gasteiger charge is -2.34. The van der Waals surface area contributed by atoms with Gasteiger partial charge in [-0.05, 0) is 52.9 Å². The highest BCUT2D eigenvalue weighted by Crippen LogP contribution is 2.40. The molecule has 1 amide bonds. The summed E-state index contributed by atoms with van der Waals surface area (Å²) < 4.78 is 10.7. The molecule has 0 radical (unpaired) electrons. The first kappa shape index (κ1) is 16.1. The number of nitrogens with zero attached hydrogens (tertiary/aromatic N) is 1. The third-order valence-electron chi connectivity index (χ3n) is 4.25. The molecule has 5 heteroatoms. The van der Waals surface area contributed by atoms with Crippen LogP contribution in [0.15, 0.2) is 0 Å². The standard InChI is InChI=1S/C16H27NO4/c1-5-20-14(18)13-10-11-8-6-7-9-12(11)17(13)15(19)21-16(2,3)4/h11-13H,5-10H2,1-4H3/t11-,12-,13-/m0/s1. The summed E-state index contributed by atoms with van der Waals surface area (Å²) >= 11 is 0. The van der Waals surface area contributed by atoms with Crippen LogP contribution in [0.5, 0.6) is 0 Å². The Morgan fingerprint density at radius 2 is 1.86 bits per heavy atom. The Morgan fingerprint density at radius 3 is 2.48 bits per heavy atom. The van der Waals surface area contributed by atoms with Crippen molar-refractivity contribution in [1.29, 1.82) is 0 Å². The number of likely N-dealkylation sites (tertiary alicyclic amines) is 1. The average molecular weight is 297 g/mol. The topological polar surface area (TPSA) is 55.8 Å². The van der Waals surface area contributed by atoms with Crippen LogP contribution >= 0.6 is 0 Å². The molecule has 0 aromatic heterocycles. The Morgan fingerprint density at radius 1 is 1.19 bits per heavy atom. The van der Waals surface area contributed by atoms with E-state index < -0.39 is 11.6 Å². The molecule has 120 valence electrons. The Labute approximate surface area is 127 Å². The van der Waals surface area contributed by atoms with E-state index in [1.807, 2.05) is 20.8 Å². The van der Waals surface area contributed by atoms with Gasteiger partial charge in [0.25, 0.3) is 0 Å². The lowest BCUT2D eigenvalue weighted by molar-refractivity contribution is -0.148. The van der Waals surface area contributed by atoms with Crippen LogP contribution in [-0.2, 0) is 14.3 Å². The number of carbonyl (C=O) groups is 2. The first-order valence-electron chi connectivity index (χ1n) is 8.01. The van der Waals surface area contributed by atoms with Gasteiger partial charge in [0.1, 0.15) is 11.6 Å². The van der Waals surface area contributed by atoms with Crippen LogP contribution < -0.4 is 0 Å². The van der Waals surface area contributed by atoms with Crippen molar-refractivity contribution < 1.29 is 19.1 Å². The number of rotatable bonds is 2. The third kappa shape index (κ3) is 3.69. The van der Waals surface area contributed by atoms with Crippen LogP contribution in [0.25, 0.3) is 0 Å². The van der Waals surface area contributed by atoms with Gasteiger partial charge in [0, 0.05) is 6.04 Å². The quantitative estimate of drug-likeness (QED) is 0.735. The van der Waals surface area contributed by atoms with Crippen molar-refractivity contribution in [2.45, 2.75) is 77.5 Å². The van der Waals surface area contributed by atoms with E-state index in [0.29, 0.717) is 18.9 Å². The van der Waals surface area contributed by atoms with Gasteiger partial charge in [-0.2, -0.15) is 0 Å². The summed E-state index contributed by atoms with van der Waals surface area (Å²) in [5, 5.41) is 0. The van der Waals surface area contributed by atoms with Crippen molar-refractivity contribution in [1.82, 2.24) is 4.90 Å². The highest BCUT2D eigenvalue weighted by molar-refractivity contribution is 5.82. The van der Waals surface area contributed by atoms with Crippen LogP contribution in [-0.4, -0.2) is 41.3 Å². The second-order valence-corrected chi connectivity index (χ2v) is 7.00. The minimum Gasteiger partial charge on any atom is -0.464 e. The highest BCUT2D eigenvalue weighted by atomic mass is 16.6. The van der Waals surface area contributed by atoms with Crippen molar-refractivity contribution in [3.05, 3.63) is 0 Å². The van der Waals surface area contributed by atoms with Gasteiger partial charge in [-0.15, -0.1) is 0 Å². The Kier molecular flexibility index (Phi) is 4.79. The maximum Gasteiger partial charge on any atom is 0.411 e. The fraction of sp³-hybridized carbons (Fsp3) is 0.875. The lowest BCUT2D eigenvalue weighted by atomic mass is 9.85. The molecule has 0 aromatic rings. The fourth-order valence-electron chi connectivity index (χ4n) is 3.49. The van der Waals surface area contributed by atoms with Gasteiger partial charge < -0.3 is 9.47 Å². The molecule has 0 spiro atoms. The SMILES string of the molecule is CCOC(=O)[C@@H]1C[C@@H]2CCCC[C@@H]2N1C(=O)OC(C)(C)C. The smallest absolute Gasteiger partial charge is 0.411 e.